The molecule has 0 aromatic heterocycles. The summed E-state index contributed by atoms with van der Waals surface area (Å²) in [5, 5.41) is 30.9. The van der Waals surface area contributed by atoms with Crippen LogP contribution in [-0.4, -0.2) is 15.3 Å². The molecule has 152 valence electrons. The maximum absolute atomic E-state index is 10.3. The molecule has 3 N–H and O–H groups in total. The first-order valence-corrected chi connectivity index (χ1v) is 13.0. The highest BCUT2D eigenvalue weighted by Gasteiger charge is 2.34. The van der Waals surface area contributed by atoms with Crippen LogP contribution in [0.2, 0.25) is 0 Å². The van der Waals surface area contributed by atoms with Gasteiger partial charge in [0, 0.05) is 5.41 Å². The highest BCUT2D eigenvalue weighted by atomic mass is 127. The van der Waals surface area contributed by atoms with Crippen molar-refractivity contribution < 1.29 is 15.3 Å². The van der Waals surface area contributed by atoms with Crippen LogP contribution in [0.15, 0.2) is 36.4 Å². The number of hydrogen-bond acceptors (Lipinski definition) is 3. The van der Waals surface area contributed by atoms with Gasteiger partial charge in [0.25, 0.3) is 0 Å². The molecular formula is C22H18I4O3. The number of rotatable bonds is 3. The third kappa shape index (κ3) is 4.34. The minimum Gasteiger partial charge on any atom is -0.507 e. The maximum Gasteiger partial charge on any atom is 0.142 e. The average Bonchev–Trinajstić information content (AvgIpc) is 2.66. The minimum absolute atomic E-state index is 0.283. The third-order valence-corrected chi connectivity index (χ3v) is 8.55. The molecule has 0 saturated heterocycles. The van der Waals surface area contributed by atoms with Crippen LogP contribution in [-0.2, 0) is 5.41 Å². The molecule has 0 unspecified atom stereocenters. The Morgan fingerprint density at radius 3 is 1.14 bits per heavy atom. The number of phenols is 3. The van der Waals surface area contributed by atoms with Crippen molar-refractivity contribution in [2.24, 2.45) is 0 Å². The zero-order chi connectivity index (χ0) is 21.7. The van der Waals surface area contributed by atoms with Crippen molar-refractivity contribution in [3.05, 3.63) is 78.5 Å². The molecule has 0 fully saturated rings. The van der Waals surface area contributed by atoms with Gasteiger partial charge in [-0.3, -0.25) is 0 Å². The third-order valence-electron chi connectivity index (χ3n) is 5.26. The Bertz CT molecular complexity index is 917. The van der Waals surface area contributed by atoms with Crippen LogP contribution < -0.4 is 0 Å². The Morgan fingerprint density at radius 2 is 0.828 bits per heavy atom. The monoisotopic (exact) mass is 838 g/mol. The summed E-state index contributed by atoms with van der Waals surface area (Å²) >= 11 is 8.62. The van der Waals surface area contributed by atoms with E-state index < -0.39 is 5.41 Å². The molecule has 0 atom stereocenters. The van der Waals surface area contributed by atoms with Crippen LogP contribution in [0.25, 0.3) is 0 Å². The molecule has 29 heavy (non-hydrogen) atoms. The lowest BCUT2D eigenvalue weighted by atomic mass is 9.70. The smallest absolute Gasteiger partial charge is 0.142 e. The van der Waals surface area contributed by atoms with Crippen LogP contribution in [0.4, 0.5) is 0 Å². The summed E-state index contributed by atoms with van der Waals surface area (Å²) in [7, 11) is 0. The Hall–Kier alpha value is -0.0200. The lowest BCUT2D eigenvalue weighted by Gasteiger charge is -2.33. The number of halogens is 4. The predicted molar refractivity (Wildman–Crippen MR) is 150 cm³/mol. The van der Waals surface area contributed by atoms with Gasteiger partial charge in [-0.1, -0.05) is 12.1 Å². The number of hydrogen-bond donors (Lipinski definition) is 3. The Labute approximate surface area is 224 Å². The van der Waals surface area contributed by atoms with E-state index in [1.54, 1.807) is 0 Å². The van der Waals surface area contributed by atoms with E-state index in [2.05, 4.69) is 97.3 Å². The van der Waals surface area contributed by atoms with Crippen LogP contribution in [0.5, 0.6) is 17.2 Å². The van der Waals surface area contributed by atoms with E-state index in [-0.39, 0.29) is 5.75 Å². The van der Waals surface area contributed by atoms with E-state index >= 15 is 0 Å². The Morgan fingerprint density at radius 1 is 0.552 bits per heavy atom. The van der Waals surface area contributed by atoms with E-state index in [1.807, 2.05) is 50.2 Å². The van der Waals surface area contributed by atoms with Crippen LogP contribution in [0, 0.1) is 28.1 Å². The van der Waals surface area contributed by atoms with Crippen molar-refractivity contribution in [2.45, 2.75) is 26.2 Å². The molecule has 3 aromatic rings. The number of benzene rings is 3. The zero-order valence-electron chi connectivity index (χ0n) is 15.8. The predicted octanol–water partition coefficient (Wildman–Crippen LogP) is 7.19. The molecule has 3 rings (SSSR count). The summed E-state index contributed by atoms with van der Waals surface area (Å²) in [5.74, 6) is 0.872. The van der Waals surface area contributed by atoms with Crippen molar-refractivity contribution in [3.8, 4) is 17.2 Å². The molecule has 0 saturated carbocycles. The van der Waals surface area contributed by atoms with Gasteiger partial charge in [0.2, 0.25) is 0 Å². The Balaban J connectivity index is 2.42. The van der Waals surface area contributed by atoms with Gasteiger partial charge < -0.3 is 15.3 Å². The lowest BCUT2D eigenvalue weighted by molar-refractivity contribution is 0.465. The van der Waals surface area contributed by atoms with E-state index in [9.17, 15) is 15.3 Å². The summed E-state index contributed by atoms with van der Waals surface area (Å²) in [6.07, 6.45) is 0. The van der Waals surface area contributed by atoms with Gasteiger partial charge in [0.15, 0.2) is 0 Å². The lowest BCUT2D eigenvalue weighted by Crippen LogP contribution is -2.26. The fraction of sp³-hybridized carbons (Fsp3) is 0.182. The summed E-state index contributed by atoms with van der Waals surface area (Å²) in [6.45, 7) is 5.95. The molecule has 0 bridgehead atoms. The van der Waals surface area contributed by atoms with E-state index in [1.165, 1.54) is 0 Å². The van der Waals surface area contributed by atoms with Crippen LogP contribution in [0.1, 0.15) is 34.7 Å². The second-order valence-corrected chi connectivity index (χ2v) is 11.8. The SMILES string of the molecule is Cc1cc(C(C)(c2cc(C)c(O)c(I)c2)c2cc(I)c(O)c(I)c2)cc(I)c1O. The number of aryl methyl sites for hydroxylation is 2. The van der Waals surface area contributed by atoms with Gasteiger partial charge in [0.05, 0.1) is 14.3 Å². The molecule has 0 heterocycles. The molecule has 0 amide bonds. The molecule has 0 aliphatic carbocycles. The number of aromatic hydroxyl groups is 3. The van der Waals surface area contributed by atoms with E-state index in [0.717, 1.165) is 42.1 Å². The van der Waals surface area contributed by atoms with Gasteiger partial charge in [0.1, 0.15) is 17.2 Å². The van der Waals surface area contributed by atoms with Gasteiger partial charge in [-0.05, 0) is 163 Å². The van der Waals surface area contributed by atoms with Crippen molar-refractivity contribution in [3.63, 3.8) is 0 Å². The Kier molecular flexibility index (Phi) is 7.21. The molecule has 3 aromatic carbocycles. The summed E-state index contributed by atoms with van der Waals surface area (Å²) in [5.41, 5.74) is 4.18. The molecule has 0 spiro atoms. The first kappa shape index (κ1) is 23.6. The van der Waals surface area contributed by atoms with Gasteiger partial charge in [-0.2, -0.15) is 0 Å². The highest BCUT2D eigenvalue weighted by molar-refractivity contribution is 14.1. The molecule has 7 heteroatoms. The van der Waals surface area contributed by atoms with E-state index in [0.29, 0.717) is 11.5 Å². The molecule has 0 aliphatic rings. The van der Waals surface area contributed by atoms with Gasteiger partial charge in [-0.25, -0.2) is 0 Å². The van der Waals surface area contributed by atoms with Crippen molar-refractivity contribution in [1.29, 1.82) is 0 Å². The fourth-order valence-electron chi connectivity index (χ4n) is 3.40. The normalized spacial score (nSPS) is 11.7. The maximum atomic E-state index is 10.3. The largest absolute Gasteiger partial charge is 0.507 e. The van der Waals surface area contributed by atoms with E-state index in [4.69, 9.17) is 0 Å². The van der Waals surface area contributed by atoms with Crippen molar-refractivity contribution in [2.75, 3.05) is 0 Å². The van der Waals surface area contributed by atoms with Crippen LogP contribution in [0.3, 0.4) is 0 Å². The van der Waals surface area contributed by atoms with Gasteiger partial charge >= 0.3 is 0 Å². The summed E-state index contributed by atoms with van der Waals surface area (Å²) < 4.78 is 3.15. The molecule has 0 aliphatic heterocycles. The van der Waals surface area contributed by atoms with Crippen molar-refractivity contribution >= 4 is 90.4 Å². The standard InChI is InChI=1S/C22H18I4O3/c1-10-4-12(6-15(23)19(10)27)22(3,13-5-11(2)20(28)16(24)7-13)14-8-17(25)21(29)18(26)9-14/h4-9,27-29H,1-3H3. The molecule has 3 nitrogen and oxygen atoms in total. The fourth-order valence-corrected chi connectivity index (χ4v) is 6.69. The molecular weight excluding hydrogens is 820 g/mol. The summed E-state index contributed by atoms with van der Waals surface area (Å²) in [4.78, 5) is 0. The number of phenolic OH excluding ortho intramolecular Hbond substituents is 3. The summed E-state index contributed by atoms with van der Waals surface area (Å²) in [6, 6.07) is 12.0. The van der Waals surface area contributed by atoms with Crippen molar-refractivity contribution in [1.82, 2.24) is 0 Å². The first-order valence-electron chi connectivity index (χ1n) is 8.64. The second-order valence-electron chi connectivity index (χ2n) is 7.16. The molecule has 0 radical (unpaired) electrons. The first-order chi connectivity index (χ1) is 13.5. The topological polar surface area (TPSA) is 60.7 Å². The van der Waals surface area contributed by atoms with Crippen LogP contribution >= 0.6 is 90.4 Å². The quantitative estimate of drug-likeness (QED) is 0.194. The minimum atomic E-state index is -0.551. The highest BCUT2D eigenvalue weighted by Crippen LogP contribution is 2.45. The van der Waals surface area contributed by atoms with Gasteiger partial charge in [-0.15, -0.1) is 0 Å². The second kappa shape index (κ2) is 8.85. The average molecular weight is 838 g/mol. The zero-order valence-corrected chi connectivity index (χ0v) is 24.4.